The molecule has 180 valence electrons. The van der Waals surface area contributed by atoms with Crippen molar-refractivity contribution in [1.82, 2.24) is 10.2 Å². The van der Waals surface area contributed by atoms with Crippen LogP contribution in [-0.4, -0.2) is 64.2 Å². The summed E-state index contributed by atoms with van der Waals surface area (Å²) in [5, 5.41) is 2.93. The molecule has 0 fully saturated rings. The number of nitrogens with one attached hydrogen (secondary N) is 1. The van der Waals surface area contributed by atoms with Gasteiger partial charge in [-0.1, -0.05) is 41.9 Å². The topological polar surface area (TPSA) is 96.0 Å². The molecule has 0 saturated carbocycles. The third-order valence-corrected chi connectivity index (χ3v) is 6.54. The van der Waals surface area contributed by atoms with E-state index in [1.54, 1.807) is 13.8 Å². The van der Waals surface area contributed by atoms with E-state index in [9.17, 15) is 18.0 Å². The highest BCUT2D eigenvalue weighted by atomic mass is 35.5. The van der Waals surface area contributed by atoms with Gasteiger partial charge in [0.1, 0.15) is 18.3 Å². The number of nitrogens with zero attached hydrogens (tertiary/aromatic N) is 2. The first kappa shape index (κ1) is 26.5. The van der Waals surface area contributed by atoms with Crippen molar-refractivity contribution in [3.63, 3.8) is 0 Å². The van der Waals surface area contributed by atoms with Crippen LogP contribution in [0.15, 0.2) is 48.5 Å². The Labute approximate surface area is 200 Å². The lowest BCUT2D eigenvalue weighted by Crippen LogP contribution is -2.52. The van der Waals surface area contributed by atoms with Crippen molar-refractivity contribution >= 4 is 39.1 Å². The minimum atomic E-state index is -3.82. The molecule has 0 aliphatic rings. The van der Waals surface area contributed by atoms with E-state index < -0.39 is 28.5 Å². The number of likely N-dealkylation sites (N-methyl/N-ethyl adjacent to an activating group) is 1. The fraction of sp³-hybridized carbons (Fsp3) is 0.391. The maximum Gasteiger partial charge on any atom is 0.244 e. The first-order chi connectivity index (χ1) is 15.6. The van der Waals surface area contributed by atoms with Crippen molar-refractivity contribution in [2.24, 2.45) is 0 Å². The molecule has 2 rings (SSSR count). The SMILES string of the molecule is CCNC(=O)[C@@H](C)N(CCc1ccccc1)C(=O)CN(c1ccc(OC)c(Cl)c1)S(C)(=O)=O. The van der Waals surface area contributed by atoms with Gasteiger partial charge in [0.2, 0.25) is 21.8 Å². The number of carbonyl (C=O) groups excluding carboxylic acids is 2. The second-order valence-corrected chi connectivity index (χ2v) is 9.80. The highest BCUT2D eigenvalue weighted by molar-refractivity contribution is 7.92. The number of anilines is 1. The molecular formula is C23H30ClN3O5S. The van der Waals surface area contributed by atoms with Crippen LogP contribution in [-0.2, 0) is 26.0 Å². The molecule has 0 aliphatic carbocycles. The minimum Gasteiger partial charge on any atom is -0.495 e. The smallest absolute Gasteiger partial charge is 0.244 e. The van der Waals surface area contributed by atoms with Crippen LogP contribution in [0.5, 0.6) is 5.75 Å². The van der Waals surface area contributed by atoms with Crippen LogP contribution in [0.4, 0.5) is 5.69 Å². The third-order valence-electron chi connectivity index (χ3n) is 5.11. The fourth-order valence-electron chi connectivity index (χ4n) is 3.32. The zero-order chi connectivity index (χ0) is 24.6. The number of hydrogen-bond acceptors (Lipinski definition) is 5. The molecule has 2 aromatic rings. The van der Waals surface area contributed by atoms with Crippen molar-refractivity contribution < 1.29 is 22.7 Å². The Morgan fingerprint density at radius 1 is 1.15 bits per heavy atom. The molecule has 0 unspecified atom stereocenters. The van der Waals surface area contributed by atoms with Crippen molar-refractivity contribution in [2.45, 2.75) is 26.3 Å². The number of methoxy groups -OCH3 is 1. The molecule has 2 aromatic carbocycles. The first-order valence-corrected chi connectivity index (χ1v) is 12.7. The van der Waals surface area contributed by atoms with Crippen molar-refractivity contribution in [2.75, 3.05) is 37.3 Å². The quantitative estimate of drug-likeness (QED) is 0.517. The van der Waals surface area contributed by atoms with Gasteiger partial charge in [-0.15, -0.1) is 0 Å². The molecule has 1 atom stereocenters. The van der Waals surface area contributed by atoms with Crippen LogP contribution < -0.4 is 14.4 Å². The molecule has 0 heterocycles. The van der Waals surface area contributed by atoms with E-state index in [1.807, 2.05) is 30.3 Å². The van der Waals surface area contributed by atoms with Gasteiger partial charge in [0.25, 0.3) is 0 Å². The molecule has 0 spiro atoms. The zero-order valence-electron chi connectivity index (χ0n) is 19.2. The lowest BCUT2D eigenvalue weighted by Gasteiger charge is -2.31. The largest absolute Gasteiger partial charge is 0.495 e. The lowest BCUT2D eigenvalue weighted by atomic mass is 10.1. The summed E-state index contributed by atoms with van der Waals surface area (Å²) in [7, 11) is -2.37. The van der Waals surface area contributed by atoms with Gasteiger partial charge in [-0.25, -0.2) is 8.42 Å². The Bertz CT molecular complexity index is 1060. The lowest BCUT2D eigenvalue weighted by molar-refractivity contribution is -0.138. The number of halogens is 1. The van der Waals surface area contributed by atoms with Crippen molar-refractivity contribution in [3.05, 3.63) is 59.1 Å². The van der Waals surface area contributed by atoms with Gasteiger partial charge in [0.05, 0.1) is 24.1 Å². The summed E-state index contributed by atoms with van der Waals surface area (Å²) in [6.45, 7) is 3.62. The predicted molar refractivity (Wildman–Crippen MR) is 130 cm³/mol. The molecule has 2 amide bonds. The molecule has 0 aromatic heterocycles. The van der Waals surface area contributed by atoms with Gasteiger partial charge >= 0.3 is 0 Å². The summed E-state index contributed by atoms with van der Waals surface area (Å²) >= 11 is 6.17. The third kappa shape index (κ3) is 7.36. The first-order valence-electron chi connectivity index (χ1n) is 10.5. The Morgan fingerprint density at radius 2 is 1.82 bits per heavy atom. The predicted octanol–water partition coefficient (Wildman–Crippen LogP) is 2.71. The number of sulfonamides is 1. The van der Waals surface area contributed by atoms with Crippen LogP contribution in [0.3, 0.4) is 0 Å². The molecule has 8 nitrogen and oxygen atoms in total. The average molecular weight is 496 g/mol. The minimum absolute atomic E-state index is 0.215. The highest BCUT2D eigenvalue weighted by Gasteiger charge is 2.29. The van der Waals surface area contributed by atoms with E-state index in [4.69, 9.17) is 16.3 Å². The van der Waals surface area contributed by atoms with Crippen LogP contribution in [0.25, 0.3) is 0 Å². The number of ether oxygens (including phenoxy) is 1. The highest BCUT2D eigenvalue weighted by Crippen LogP contribution is 2.30. The molecule has 0 bridgehead atoms. The zero-order valence-corrected chi connectivity index (χ0v) is 20.8. The Morgan fingerprint density at radius 3 is 2.36 bits per heavy atom. The molecule has 0 aliphatic heterocycles. The Hall–Kier alpha value is -2.78. The summed E-state index contributed by atoms with van der Waals surface area (Å²) < 4.78 is 31.2. The van der Waals surface area contributed by atoms with Gasteiger partial charge in [0.15, 0.2) is 0 Å². The molecule has 33 heavy (non-hydrogen) atoms. The van der Waals surface area contributed by atoms with E-state index in [0.29, 0.717) is 18.7 Å². The summed E-state index contributed by atoms with van der Waals surface area (Å²) in [5.74, 6) is -0.422. The normalized spacial score (nSPS) is 12.0. The number of carbonyl (C=O) groups is 2. The van der Waals surface area contributed by atoms with Gasteiger partial charge in [0, 0.05) is 13.1 Å². The molecule has 10 heteroatoms. The number of rotatable bonds is 11. The van der Waals surface area contributed by atoms with E-state index in [0.717, 1.165) is 16.1 Å². The van der Waals surface area contributed by atoms with Gasteiger partial charge in [-0.3, -0.25) is 13.9 Å². The van der Waals surface area contributed by atoms with Gasteiger partial charge in [-0.05, 0) is 44.0 Å². The van der Waals surface area contributed by atoms with Crippen LogP contribution in [0.1, 0.15) is 19.4 Å². The number of benzene rings is 2. The van der Waals surface area contributed by atoms with Gasteiger partial charge in [-0.2, -0.15) is 0 Å². The summed E-state index contributed by atoms with van der Waals surface area (Å²) in [6, 6.07) is 13.3. The second-order valence-electron chi connectivity index (χ2n) is 7.48. The van der Waals surface area contributed by atoms with Crippen molar-refractivity contribution in [3.8, 4) is 5.75 Å². The Balaban J connectivity index is 2.32. The molecule has 1 N–H and O–H groups in total. The molecule has 0 radical (unpaired) electrons. The van der Waals surface area contributed by atoms with E-state index in [1.165, 1.54) is 30.2 Å². The Kier molecular flexibility index (Phi) is 9.55. The maximum absolute atomic E-state index is 13.3. The monoisotopic (exact) mass is 495 g/mol. The second kappa shape index (κ2) is 11.9. The maximum atomic E-state index is 13.3. The van der Waals surface area contributed by atoms with Gasteiger partial charge < -0.3 is 15.0 Å². The molecular weight excluding hydrogens is 466 g/mol. The van der Waals surface area contributed by atoms with Crippen LogP contribution >= 0.6 is 11.6 Å². The van der Waals surface area contributed by atoms with E-state index in [-0.39, 0.29) is 23.2 Å². The van der Waals surface area contributed by atoms with Crippen LogP contribution in [0, 0.1) is 0 Å². The van der Waals surface area contributed by atoms with Crippen LogP contribution in [0.2, 0.25) is 5.02 Å². The van der Waals surface area contributed by atoms with Crippen molar-refractivity contribution in [1.29, 1.82) is 0 Å². The standard InChI is InChI=1S/C23H30ClN3O5S/c1-5-25-23(29)17(2)26(14-13-18-9-7-6-8-10-18)22(28)16-27(33(4,30)31)19-11-12-21(32-3)20(24)15-19/h6-12,15,17H,5,13-14,16H2,1-4H3,(H,25,29)/t17-/m1/s1. The number of amides is 2. The number of hydrogen-bond donors (Lipinski definition) is 1. The summed E-state index contributed by atoms with van der Waals surface area (Å²) in [4.78, 5) is 27.2. The fourth-order valence-corrected chi connectivity index (χ4v) is 4.41. The summed E-state index contributed by atoms with van der Waals surface area (Å²) in [5.41, 5.74) is 1.23. The molecule has 0 saturated heterocycles. The van der Waals surface area contributed by atoms with E-state index >= 15 is 0 Å². The van der Waals surface area contributed by atoms with E-state index in [2.05, 4.69) is 5.32 Å². The average Bonchev–Trinajstić information content (AvgIpc) is 2.77. The summed E-state index contributed by atoms with van der Waals surface area (Å²) in [6.07, 6.45) is 1.53.